The van der Waals surface area contributed by atoms with Gasteiger partial charge in [0.1, 0.15) is 0 Å². The molecule has 0 aliphatic rings. The Labute approximate surface area is 121 Å². The third kappa shape index (κ3) is 6.04. The van der Waals surface area contributed by atoms with Crippen LogP contribution < -0.4 is 10.6 Å². The normalized spacial score (nSPS) is 10.3. The lowest BCUT2D eigenvalue weighted by atomic mass is 10.2. The Bertz CT molecular complexity index is 413. The lowest BCUT2D eigenvalue weighted by molar-refractivity contribution is 0.0910. The van der Waals surface area contributed by atoms with Crippen molar-refractivity contribution in [3.63, 3.8) is 0 Å². The van der Waals surface area contributed by atoms with Crippen LogP contribution in [-0.4, -0.2) is 37.5 Å². The molecule has 1 aromatic rings. The Kier molecular flexibility index (Phi) is 7.47. The molecule has 0 aromatic heterocycles. The Balaban J connectivity index is 2.26. The highest BCUT2D eigenvalue weighted by molar-refractivity contribution is 9.10. The number of amides is 2. The summed E-state index contributed by atoms with van der Waals surface area (Å²) in [6.07, 6.45) is 0.713. The zero-order valence-corrected chi connectivity index (χ0v) is 12.5. The van der Waals surface area contributed by atoms with Crippen LogP contribution in [-0.2, 0) is 4.74 Å². The van der Waals surface area contributed by atoms with Crippen LogP contribution >= 0.6 is 15.9 Å². The zero-order valence-electron chi connectivity index (χ0n) is 10.9. The zero-order chi connectivity index (χ0) is 14.1. The number of benzene rings is 1. The lowest BCUT2D eigenvalue weighted by Gasteiger charge is -2.10. The molecule has 0 bridgehead atoms. The molecule has 0 saturated heterocycles. The van der Waals surface area contributed by atoms with Gasteiger partial charge >= 0.3 is 6.03 Å². The average Bonchev–Trinajstić information content (AvgIpc) is 2.39. The second kappa shape index (κ2) is 8.90. The van der Waals surface area contributed by atoms with Crippen molar-refractivity contribution in [2.45, 2.75) is 13.3 Å². The maximum Gasteiger partial charge on any atom is 0.319 e. The van der Waals surface area contributed by atoms with Gasteiger partial charge in [0.15, 0.2) is 0 Å². The molecule has 5 nitrogen and oxygen atoms in total. The van der Waals surface area contributed by atoms with Gasteiger partial charge in [-0.25, -0.2) is 4.79 Å². The smallest absolute Gasteiger partial charge is 0.319 e. The summed E-state index contributed by atoms with van der Waals surface area (Å²) in [6, 6.07) is 5.42. The predicted molar refractivity (Wildman–Crippen MR) is 78.4 cm³/mol. The van der Waals surface area contributed by atoms with Gasteiger partial charge in [-0.1, -0.05) is 22.0 Å². The highest BCUT2D eigenvalue weighted by Gasteiger charge is 2.05. The van der Waals surface area contributed by atoms with Crippen LogP contribution in [0.4, 0.5) is 10.5 Å². The molecule has 0 fully saturated rings. The van der Waals surface area contributed by atoms with Crippen molar-refractivity contribution in [2.24, 2.45) is 0 Å². The second-order valence-corrected chi connectivity index (χ2v) is 4.84. The molecule has 0 aliphatic carbocycles. The number of ether oxygens (including phenoxy) is 1. The van der Waals surface area contributed by atoms with Gasteiger partial charge < -0.3 is 20.5 Å². The Hall–Kier alpha value is -1.11. The summed E-state index contributed by atoms with van der Waals surface area (Å²) in [4.78, 5) is 11.6. The molecule has 0 unspecified atom stereocenters. The maximum absolute atomic E-state index is 11.6. The number of halogens is 1. The van der Waals surface area contributed by atoms with Gasteiger partial charge in [0.25, 0.3) is 0 Å². The summed E-state index contributed by atoms with van der Waals surface area (Å²) < 4.78 is 6.05. The minimum absolute atomic E-state index is 0.0239. The van der Waals surface area contributed by atoms with Crippen molar-refractivity contribution in [2.75, 3.05) is 31.7 Å². The fourth-order valence-corrected chi connectivity index (χ4v) is 1.82. The van der Waals surface area contributed by atoms with E-state index < -0.39 is 0 Å². The van der Waals surface area contributed by atoms with Crippen molar-refractivity contribution in [1.29, 1.82) is 0 Å². The van der Waals surface area contributed by atoms with Crippen molar-refractivity contribution in [3.8, 4) is 0 Å². The minimum atomic E-state index is -0.233. The number of nitrogens with one attached hydrogen (secondary N) is 2. The fraction of sp³-hybridized carbons (Fsp3) is 0.462. The lowest BCUT2D eigenvalue weighted by Crippen LogP contribution is -2.30. The largest absolute Gasteiger partial charge is 0.394 e. The van der Waals surface area contributed by atoms with E-state index in [4.69, 9.17) is 9.84 Å². The van der Waals surface area contributed by atoms with Crippen molar-refractivity contribution in [1.82, 2.24) is 5.32 Å². The molecule has 0 aliphatic heterocycles. The standard InChI is InChI=1S/C13H19BrN2O3/c1-10-11(14)4-2-5-12(10)16-13(18)15-6-3-8-19-9-7-17/h2,4-5,17H,3,6-9H2,1H3,(H2,15,16,18). The van der Waals surface area contributed by atoms with Crippen LogP contribution in [0.25, 0.3) is 0 Å². The number of carbonyl (C=O) groups excluding carboxylic acids is 1. The van der Waals surface area contributed by atoms with Gasteiger partial charge in [-0.15, -0.1) is 0 Å². The van der Waals surface area contributed by atoms with Crippen LogP contribution in [0, 0.1) is 6.92 Å². The molecule has 2 amide bonds. The SMILES string of the molecule is Cc1c(Br)cccc1NC(=O)NCCCOCCO. The summed E-state index contributed by atoms with van der Waals surface area (Å²) >= 11 is 3.42. The van der Waals surface area contributed by atoms with Crippen LogP contribution in [0.3, 0.4) is 0 Å². The average molecular weight is 331 g/mol. The molecule has 0 atom stereocenters. The number of anilines is 1. The first-order chi connectivity index (χ1) is 9.15. The third-order valence-corrected chi connectivity index (χ3v) is 3.36. The molecule has 19 heavy (non-hydrogen) atoms. The van der Waals surface area contributed by atoms with Gasteiger partial charge in [-0.3, -0.25) is 0 Å². The molecular weight excluding hydrogens is 312 g/mol. The number of urea groups is 1. The van der Waals surface area contributed by atoms with Crippen LogP contribution in [0.5, 0.6) is 0 Å². The quantitative estimate of drug-likeness (QED) is 0.672. The first kappa shape index (κ1) is 15.9. The summed E-state index contributed by atoms with van der Waals surface area (Å²) in [5.41, 5.74) is 1.77. The first-order valence-corrected chi connectivity index (χ1v) is 6.93. The number of aliphatic hydroxyl groups is 1. The van der Waals surface area contributed by atoms with E-state index in [0.29, 0.717) is 26.2 Å². The highest BCUT2D eigenvalue weighted by atomic mass is 79.9. The Morgan fingerprint density at radius 1 is 1.42 bits per heavy atom. The van der Waals surface area contributed by atoms with E-state index in [-0.39, 0.29) is 12.6 Å². The van der Waals surface area contributed by atoms with Crippen molar-refractivity contribution >= 4 is 27.6 Å². The topological polar surface area (TPSA) is 70.6 Å². The molecule has 6 heteroatoms. The highest BCUT2D eigenvalue weighted by Crippen LogP contribution is 2.23. The molecule has 0 saturated carbocycles. The fourth-order valence-electron chi connectivity index (χ4n) is 1.45. The molecule has 0 radical (unpaired) electrons. The first-order valence-electron chi connectivity index (χ1n) is 6.13. The minimum Gasteiger partial charge on any atom is -0.394 e. The van der Waals surface area contributed by atoms with Crippen LogP contribution in [0.1, 0.15) is 12.0 Å². The summed E-state index contributed by atoms with van der Waals surface area (Å²) in [6.45, 7) is 3.35. The molecule has 1 rings (SSSR count). The van der Waals surface area contributed by atoms with E-state index in [1.165, 1.54) is 0 Å². The van der Waals surface area contributed by atoms with Crippen molar-refractivity contribution < 1.29 is 14.6 Å². The number of rotatable bonds is 7. The van der Waals surface area contributed by atoms with Gasteiger partial charge in [-0.05, 0) is 31.0 Å². The summed E-state index contributed by atoms with van der Waals surface area (Å²) in [5, 5.41) is 14.1. The summed E-state index contributed by atoms with van der Waals surface area (Å²) in [7, 11) is 0. The van der Waals surface area contributed by atoms with Gasteiger partial charge in [0.05, 0.1) is 13.2 Å². The Morgan fingerprint density at radius 2 is 2.21 bits per heavy atom. The maximum atomic E-state index is 11.6. The monoisotopic (exact) mass is 330 g/mol. The number of hydrogen-bond donors (Lipinski definition) is 3. The molecule has 0 spiro atoms. The van der Waals surface area contributed by atoms with E-state index in [2.05, 4.69) is 26.6 Å². The van der Waals surface area contributed by atoms with Gasteiger partial charge in [-0.2, -0.15) is 0 Å². The number of carbonyl (C=O) groups is 1. The molecule has 3 N–H and O–H groups in total. The molecular formula is C13H19BrN2O3. The second-order valence-electron chi connectivity index (χ2n) is 3.98. The van der Waals surface area contributed by atoms with E-state index in [1.807, 2.05) is 25.1 Å². The van der Waals surface area contributed by atoms with Gasteiger partial charge in [0, 0.05) is 23.3 Å². The van der Waals surface area contributed by atoms with E-state index in [1.54, 1.807) is 0 Å². The summed E-state index contributed by atoms with van der Waals surface area (Å²) in [5.74, 6) is 0. The third-order valence-electron chi connectivity index (χ3n) is 2.50. The van der Waals surface area contributed by atoms with Crippen molar-refractivity contribution in [3.05, 3.63) is 28.2 Å². The van der Waals surface area contributed by atoms with E-state index >= 15 is 0 Å². The van der Waals surface area contributed by atoms with Crippen LogP contribution in [0.15, 0.2) is 22.7 Å². The number of hydrogen-bond acceptors (Lipinski definition) is 3. The van der Waals surface area contributed by atoms with Gasteiger partial charge in [0.2, 0.25) is 0 Å². The predicted octanol–water partition coefficient (Wildman–Crippen LogP) is 2.28. The number of aliphatic hydroxyl groups excluding tert-OH is 1. The molecule has 106 valence electrons. The van der Waals surface area contributed by atoms with Crippen LogP contribution in [0.2, 0.25) is 0 Å². The van der Waals surface area contributed by atoms with E-state index in [0.717, 1.165) is 15.7 Å². The Morgan fingerprint density at radius 3 is 2.95 bits per heavy atom. The molecule has 1 aromatic carbocycles. The molecule has 0 heterocycles. The van der Waals surface area contributed by atoms with E-state index in [9.17, 15) is 4.79 Å².